The number of hydrogen-bond donors (Lipinski definition) is 1. The van der Waals surface area contributed by atoms with E-state index < -0.39 is 11.2 Å². The van der Waals surface area contributed by atoms with Crippen molar-refractivity contribution in [3.05, 3.63) is 26.6 Å². The van der Waals surface area contributed by atoms with Crippen LogP contribution in [0.1, 0.15) is 36.0 Å². The van der Waals surface area contributed by atoms with E-state index in [-0.39, 0.29) is 5.56 Å². The summed E-state index contributed by atoms with van der Waals surface area (Å²) in [7, 11) is 0. The second-order valence-corrected chi connectivity index (χ2v) is 7.59. The molecule has 0 saturated heterocycles. The van der Waals surface area contributed by atoms with Gasteiger partial charge in [-0.05, 0) is 38.2 Å². The van der Waals surface area contributed by atoms with Crippen LogP contribution in [0.15, 0.2) is 4.79 Å². The molecule has 0 aromatic carbocycles. The molecule has 112 valence electrons. The molecule has 2 heterocycles. The van der Waals surface area contributed by atoms with Crippen LogP contribution in [0.5, 0.6) is 0 Å². The van der Waals surface area contributed by atoms with E-state index in [0.717, 1.165) is 35.0 Å². The lowest BCUT2D eigenvalue weighted by Crippen LogP contribution is -2.31. The number of thioether (sulfide) groups is 1. The maximum absolute atomic E-state index is 12.3. The van der Waals surface area contributed by atoms with Gasteiger partial charge in [-0.3, -0.25) is 4.79 Å². The third-order valence-corrected chi connectivity index (χ3v) is 5.99. The molecule has 0 radical (unpaired) electrons. The van der Waals surface area contributed by atoms with Crippen LogP contribution in [0, 0.1) is 0 Å². The fraction of sp³-hybridized carbons (Fsp3) is 0.500. The number of carboxylic acid groups (broad SMARTS) is 1. The number of carboxylic acids is 1. The third kappa shape index (κ3) is 2.85. The van der Waals surface area contributed by atoms with Crippen LogP contribution in [-0.2, 0) is 23.4 Å². The summed E-state index contributed by atoms with van der Waals surface area (Å²) in [5.41, 5.74) is 1.06. The van der Waals surface area contributed by atoms with E-state index in [1.54, 1.807) is 18.3 Å². The molecule has 21 heavy (non-hydrogen) atoms. The molecule has 2 aromatic heterocycles. The fourth-order valence-corrected chi connectivity index (χ4v) is 4.51. The molecule has 0 amide bonds. The predicted molar refractivity (Wildman–Crippen MR) is 82.6 cm³/mol. The highest BCUT2D eigenvalue weighted by molar-refractivity contribution is 7.99. The van der Waals surface area contributed by atoms with Crippen molar-refractivity contribution in [2.45, 2.75) is 43.6 Å². The van der Waals surface area contributed by atoms with Gasteiger partial charge in [0.25, 0.3) is 5.56 Å². The van der Waals surface area contributed by atoms with E-state index in [0.29, 0.717) is 11.6 Å². The number of nitrogens with zero attached hydrogens (tertiary/aromatic N) is 1. The second kappa shape index (κ2) is 5.81. The number of nitrogens with one attached hydrogen (secondary N) is 1. The van der Waals surface area contributed by atoms with Gasteiger partial charge in [0, 0.05) is 10.1 Å². The minimum Gasteiger partial charge on any atom is -0.549 e. The van der Waals surface area contributed by atoms with Crippen molar-refractivity contribution in [1.82, 2.24) is 9.97 Å². The summed E-state index contributed by atoms with van der Waals surface area (Å²) >= 11 is 2.80. The van der Waals surface area contributed by atoms with Gasteiger partial charge in [0.1, 0.15) is 10.7 Å². The quantitative estimate of drug-likeness (QED) is 0.915. The average Bonchev–Trinajstić information content (AvgIpc) is 2.83. The predicted octanol–water partition coefficient (Wildman–Crippen LogP) is 1.24. The molecule has 1 aliphatic rings. The van der Waals surface area contributed by atoms with Gasteiger partial charge in [-0.25, -0.2) is 4.98 Å². The summed E-state index contributed by atoms with van der Waals surface area (Å²) in [6.07, 6.45) is 4.28. The number of carbonyl (C=O) groups is 1. The Morgan fingerprint density at radius 2 is 2.24 bits per heavy atom. The maximum atomic E-state index is 12.3. The van der Waals surface area contributed by atoms with Gasteiger partial charge in [0.15, 0.2) is 0 Å². The zero-order chi connectivity index (χ0) is 15.0. The van der Waals surface area contributed by atoms with E-state index in [4.69, 9.17) is 0 Å². The number of aliphatic carboxylic acids is 1. The van der Waals surface area contributed by atoms with Gasteiger partial charge in [-0.1, -0.05) is 0 Å². The van der Waals surface area contributed by atoms with Crippen molar-refractivity contribution in [2.75, 3.05) is 0 Å². The van der Waals surface area contributed by atoms with Crippen molar-refractivity contribution in [3.63, 3.8) is 0 Å². The number of thiophene rings is 1. The Morgan fingerprint density at radius 3 is 3.00 bits per heavy atom. The number of fused-ring (bicyclic) bond motifs is 3. The minimum atomic E-state index is -1.10. The van der Waals surface area contributed by atoms with Crippen LogP contribution in [0.25, 0.3) is 10.2 Å². The lowest BCUT2D eigenvalue weighted by Gasteiger charge is -2.11. The third-order valence-electron chi connectivity index (χ3n) is 3.68. The number of hydrogen-bond acceptors (Lipinski definition) is 6. The van der Waals surface area contributed by atoms with Gasteiger partial charge < -0.3 is 14.9 Å². The van der Waals surface area contributed by atoms with E-state index in [9.17, 15) is 14.7 Å². The first kappa shape index (κ1) is 14.6. The molecule has 0 unspecified atom stereocenters. The van der Waals surface area contributed by atoms with Gasteiger partial charge in [0.05, 0.1) is 17.1 Å². The first-order valence-corrected chi connectivity index (χ1v) is 8.78. The molecule has 2 aromatic rings. The molecule has 0 bridgehead atoms. The Morgan fingerprint density at radius 1 is 1.48 bits per heavy atom. The Kier molecular flexibility index (Phi) is 4.03. The Hall–Kier alpha value is -1.34. The van der Waals surface area contributed by atoms with E-state index in [1.807, 2.05) is 0 Å². The van der Waals surface area contributed by atoms with Crippen LogP contribution >= 0.6 is 23.1 Å². The number of aromatic amines is 1. The molecule has 1 aliphatic carbocycles. The molecule has 5 nitrogen and oxygen atoms in total. The molecule has 3 rings (SSSR count). The first-order chi connectivity index (χ1) is 10.1. The molecule has 1 N–H and O–H groups in total. The smallest absolute Gasteiger partial charge is 0.259 e. The summed E-state index contributed by atoms with van der Waals surface area (Å²) in [6, 6.07) is 0. The maximum Gasteiger partial charge on any atom is 0.259 e. The zero-order valence-electron chi connectivity index (χ0n) is 11.6. The molecule has 1 atom stereocenters. The van der Waals surface area contributed by atoms with Gasteiger partial charge in [-0.15, -0.1) is 23.1 Å². The number of aromatic nitrogens is 2. The lowest BCUT2D eigenvalue weighted by atomic mass is 9.97. The Balaban J connectivity index is 1.92. The topological polar surface area (TPSA) is 85.9 Å². The highest BCUT2D eigenvalue weighted by Crippen LogP contribution is 2.33. The van der Waals surface area contributed by atoms with Crippen molar-refractivity contribution < 1.29 is 9.90 Å². The Labute approximate surface area is 129 Å². The lowest BCUT2D eigenvalue weighted by molar-refractivity contribution is -0.304. The molecular weight excluding hydrogens is 308 g/mol. The molecule has 0 saturated carbocycles. The van der Waals surface area contributed by atoms with E-state index in [1.165, 1.54) is 23.1 Å². The van der Waals surface area contributed by atoms with Crippen LogP contribution < -0.4 is 10.7 Å². The van der Waals surface area contributed by atoms with Gasteiger partial charge in [-0.2, -0.15) is 0 Å². The summed E-state index contributed by atoms with van der Waals surface area (Å²) in [5.74, 6) is -0.206. The summed E-state index contributed by atoms with van der Waals surface area (Å²) in [6.45, 7) is 1.57. The number of H-pyrrole nitrogens is 1. The van der Waals surface area contributed by atoms with Crippen molar-refractivity contribution in [2.24, 2.45) is 0 Å². The van der Waals surface area contributed by atoms with Gasteiger partial charge >= 0.3 is 0 Å². The molecule has 7 heteroatoms. The van der Waals surface area contributed by atoms with Crippen LogP contribution in [0.3, 0.4) is 0 Å². The van der Waals surface area contributed by atoms with Gasteiger partial charge in [0.2, 0.25) is 0 Å². The molecular formula is C14H15N2O3S2-. The SMILES string of the molecule is C[C@H](SCc1nc2sc3c(c2c(=O)[nH]1)CCCC3)C(=O)[O-]. The second-order valence-electron chi connectivity index (χ2n) is 5.18. The van der Waals surface area contributed by atoms with Crippen LogP contribution in [-0.4, -0.2) is 21.2 Å². The van der Waals surface area contributed by atoms with Crippen molar-refractivity contribution in [3.8, 4) is 0 Å². The van der Waals surface area contributed by atoms with E-state index in [2.05, 4.69) is 9.97 Å². The minimum absolute atomic E-state index is 0.101. The fourth-order valence-electron chi connectivity index (χ4n) is 2.55. The monoisotopic (exact) mass is 323 g/mol. The summed E-state index contributed by atoms with van der Waals surface area (Å²) in [5, 5.41) is 10.8. The molecule has 0 aliphatic heterocycles. The average molecular weight is 323 g/mol. The highest BCUT2D eigenvalue weighted by atomic mass is 32.2. The highest BCUT2D eigenvalue weighted by Gasteiger charge is 2.19. The van der Waals surface area contributed by atoms with Crippen molar-refractivity contribution >= 4 is 39.3 Å². The zero-order valence-corrected chi connectivity index (χ0v) is 13.2. The normalized spacial score (nSPS) is 15.9. The van der Waals surface area contributed by atoms with Crippen molar-refractivity contribution in [1.29, 1.82) is 0 Å². The molecule has 0 spiro atoms. The number of aryl methyl sites for hydroxylation is 2. The number of rotatable bonds is 4. The standard InChI is InChI=1S/C14H16N2O3S2/c1-7(14(18)19)20-6-10-15-12(17)11-8-4-2-3-5-9(8)21-13(11)16-10/h7H,2-6H2,1H3,(H,18,19)(H,15,16,17)/p-1/t7-/m0/s1. The largest absolute Gasteiger partial charge is 0.549 e. The first-order valence-electron chi connectivity index (χ1n) is 6.92. The van der Waals surface area contributed by atoms with E-state index >= 15 is 0 Å². The summed E-state index contributed by atoms with van der Waals surface area (Å²) in [4.78, 5) is 32.3. The van der Waals surface area contributed by atoms with Crippen LogP contribution in [0.4, 0.5) is 0 Å². The number of carbonyl (C=O) groups excluding carboxylic acids is 1. The van der Waals surface area contributed by atoms with Crippen LogP contribution in [0.2, 0.25) is 0 Å². The Bertz CT molecular complexity index is 750. The molecule has 0 fully saturated rings. The summed E-state index contributed by atoms with van der Waals surface area (Å²) < 4.78 is 0.